The molecule has 1 aromatic rings. The minimum Gasteiger partial charge on any atom is -0.302 e. The second kappa shape index (κ2) is 4.61. The smallest absolute Gasteiger partial charge is 0.302 e. The van der Waals surface area contributed by atoms with Crippen molar-refractivity contribution in [2.24, 2.45) is 0 Å². The zero-order chi connectivity index (χ0) is 11.5. The van der Waals surface area contributed by atoms with Gasteiger partial charge in [-0.1, -0.05) is 0 Å². The van der Waals surface area contributed by atoms with Crippen LogP contribution in [0.5, 0.6) is 0 Å². The van der Waals surface area contributed by atoms with E-state index in [2.05, 4.69) is 10.3 Å². The van der Waals surface area contributed by atoms with Crippen molar-refractivity contribution in [2.45, 2.75) is 25.9 Å². The molecular formula is C8H9F3N2OS. The second-order valence-corrected chi connectivity index (χ2v) is 3.82. The fraction of sp³-hybridized carbons (Fsp3) is 0.500. The summed E-state index contributed by atoms with van der Waals surface area (Å²) >= 11 is 1.19. The van der Waals surface area contributed by atoms with Gasteiger partial charge in [-0.2, -0.15) is 13.2 Å². The van der Waals surface area contributed by atoms with Crippen LogP contribution in [0.15, 0.2) is 5.38 Å². The number of thiazole rings is 1. The van der Waals surface area contributed by atoms with E-state index in [0.29, 0.717) is 5.13 Å². The van der Waals surface area contributed by atoms with Gasteiger partial charge in [0.15, 0.2) is 5.13 Å². The number of amides is 1. The Bertz CT molecular complexity index is 348. The normalized spacial score (nSPS) is 11.5. The SMILES string of the molecule is Cc1csc(NC(=O)CCC(F)(F)F)n1. The van der Waals surface area contributed by atoms with Crippen LogP contribution in [0.25, 0.3) is 0 Å². The minimum absolute atomic E-state index is 0.333. The van der Waals surface area contributed by atoms with Crippen molar-refractivity contribution < 1.29 is 18.0 Å². The first-order valence-electron chi connectivity index (χ1n) is 4.15. The van der Waals surface area contributed by atoms with Crippen LogP contribution < -0.4 is 5.32 Å². The van der Waals surface area contributed by atoms with Crippen molar-refractivity contribution in [3.63, 3.8) is 0 Å². The molecule has 1 amide bonds. The van der Waals surface area contributed by atoms with Gasteiger partial charge in [-0.15, -0.1) is 11.3 Å². The Balaban J connectivity index is 2.37. The van der Waals surface area contributed by atoms with Crippen molar-refractivity contribution >= 4 is 22.4 Å². The van der Waals surface area contributed by atoms with Gasteiger partial charge in [-0.05, 0) is 6.92 Å². The van der Waals surface area contributed by atoms with Gasteiger partial charge in [0, 0.05) is 11.8 Å². The molecule has 0 atom stereocenters. The van der Waals surface area contributed by atoms with E-state index in [1.807, 2.05) is 0 Å². The number of aromatic nitrogens is 1. The standard InChI is InChI=1S/C8H9F3N2OS/c1-5-4-15-7(12-5)13-6(14)2-3-8(9,10)11/h4H,2-3H2,1H3,(H,12,13,14). The molecule has 0 unspecified atom stereocenters. The summed E-state index contributed by atoms with van der Waals surface area (Å²) in [6.07, 6.45) is -5.97. The number of aryl methyl sites for hydroxylation is 1. The van der Waals surface area contributed by atoms with E-state index in [0.717, 1.165) is 5.69 Å². The van der Waals surface area contributed by atoms with Crippen LogP contribution in [-0.4, -0.2) is 17.1 Å². The molecule has 3 nitrogen and oxygen atoms in total. The second-order valence-electron chi connectivity index (χ2n) is 2.96. The number of nitrogens with one attached hydrogen (secondary N) is 1. The number of anilines is 1. The molecule has 1 N–H and O–H groups in total. The zero-order valence-electron chi connectivity index (χ0n) is 7.89. The molecule has 0 saturated carbocycles. The lowest BCUT2D eigenvalue weighted by molar-refractivity contribution is -0.142. The molecule has 0 aliphatic rings. The molecule has 1 heterocycles. The summed E-state index contributed by atoms with van der Waals surface area (Å²) in [5.74, 6) is -0.665. The molecule has 0 aliphatic heterocycles. The number of nitrogens with zero attached hydrogens (tertiary/aromatic N) is 1. The maximum Gasteiger partial charge on any atom is 0.389 e. The molecule has 0 saturated heterocycles. The van der Waals surface area contributed by atoms with Gasteiger partial charge in [0.05, 0.1) is 12.1 Å². The van der Waals surface area contributed by atoms with E-state index >= 15 is 0 Å². The third-order valence-electron chi connectivity index (χ3n) is 1.50. The summed E-state index contributed by atoms with van der Waals surface area (Å²) < 4.78 is 35.3. The number of rotatable bonds is 3. The maximum atomic E-state index is 11.8. The van der Waals surface area contributed by atoms with E-state index in [4.69, 9.17) is 0 Å². The molecule has 0 radical (unpaired) electrons. The van der Waals surface area contributed by atoms with Gasteiger partial charge in [-0.3, -0.25) is 4.79 Å². The van der Waals surface area contributed by atoms with E-state index in [1.165, 1.54) is 11.3 Å². The Morgan fingerprint density at radius 3 is 2.73 bits per heavy atom. The van der Waals surface area contributed by atoms with E-state index in [9.17, 15) is 18.0 Å². The Hall–Kier alpha value is -1.11. The highest BCUT2D eigenvalue weighted by atomic mass is 32.1. The summed E-state index contributed by atoms with van der Waals surface area (Å²) in [5, 5.41) is 4.34. The summed E-state index contributed by atoms with van der Waals surface area (Å²) in [6.45, 7) is 1.74. The minimum atomic E-state index is -4.30. The zero-order valence-corrected chi connectivity index (χ0v) is 8.71. The molecule has 0 fully saturated rings. The lowest BCUT2D eigenvalue weighted by atomic mass is 10.3. The summed E-state index contributed by atoms with van der Waals surface area (Å²) in [5.41, 5.74) is 0.728. The van der Waals surface area contributed by atoms with Gasteiger partial charge in [0.1, 0.15) is 0 Å². The van der Waals surface area contributed by atoms with Crippen LogP contribution in [0.1, 0.15) is 18.5 Å². The number of hydrogen-bond donors (Lipinski definition) is 1. The van der Waals surface area contributed by atoms with Crippen molar-refractivity contribution in [1.82, 2.24) is 4.98 Å². The summed E-state index contributed by atoms with van der Waals surface area (Å²) in [6, 6.07) is 0. The maximum absolute atomic E-state index is 11.8. The molecule has 7 heteroatoms. The number of halogens is 3. The predicted octanol–water partition coefficient (Wildman–Crippen LogP) is 2.73. The highest BCUT2D eigenvalue weighted by Crippen LogP contribution is 2.22. The van der Waals surface area contributed by atoms with Crippen LogP contribution in [0, 0.1) is 6.92 Å². The number of carbonyl (C=O) groups excluding carboxylic acids is 1. The Kier molecular flexibility index (Phi) is 3.67. The average Bonchev–Trinajstić information content (AvgIpc) is 2.47. The van der Waals surface area contributed by atoms with Crippen LogP contribution in [-0.2, 0) is 4.79 Å². The first kappa shape index (κ1) is 12.0. The molecule has 1 aromatic heterocycles. The van der Waals surface area contributed by atoms with Crippen LogP contribution in [0.4, 0.5) is 18.3 Å². The summed E-state index contributed by atoms with van der Waals surface area (Å²) in [4.78, 5) is 14.9. The lowest BCUT2D eigenvalue weighted by Crippen LogP contribution is -2.16. The van der Waals surface area contributed by atoms with Crippen molar-refractivity contribution in [2.75, 3.05) is 5.32 Å². The monoisotopic (exact) mass is 238 g/mol. The van der Waals surface area contributed by atoms with E-state index in [-0.39, 0.29) is 0 Å². The van der Waals surface area contributed by atoms with Crippen LogP contribution in [0.2, 0.25) is 0 Å². The van der Waals surface area contributed by atoms with E-state index in [1.54, 1.807) is 12.3 Å². The highest BCUT2D eigenvalue weighted by Gasteiger charge is 2.27. The fourth-order valence-electron chi connectivity index (χ4n) is 0.848. The first-order valence-corrected chi connectivity index (χ1v) is 5.03. The highest BCUT2D eigenvalue weighted by molar-refractivity contribution is 7.13. The molecular weight excluding hydrogens is 229 g/mol. The van der Waals surface area contributed by atoms with Gasteiger partial charge in [-0.25, -0.2) is 4.98 Å². The molecule has 15 heavy (non-hydrogen) atoms. The Morgan fingerprint density at radius 1 is 1.60 bits per heavy atom. The van der Waals surface area contributed by atoms with E-state index < -0.39 is 24.9 Å². The molecule has 0 bridgehead atoms. The molecule has 1 rings (SSSR count). The van der Waals surface area contributed by atoms with Crippen molar-refractivity contribution in [1.29, 1.82) is 0 Å². The van der Waals surface area contributed by atoms with Gasteiger partial charge in [0.25, 0.3) is 0 Å². The largest absolute Gasteiger partial charge is 0.389 e. The predicted molar refractivity (Wildman–Crippen MR) is 50.8 cm³/mol. The van der Waals surface area contributed by atoms with Crippen LogP contribution >= 0.6 is 11.3 Å². The molecule has 0 aliphatic carbocycles. The number of carbonyl (C=O) groups is 1. The average molecular weight is 238 g/mol. The first-order chi connectivity index (χ1) is 6.87. The van der Waals surface area contributed by atoms with Gasteiger partial charge >= 0.3 is 6.18 Å². The van der Waals surface area contributed by atoms with Gasteiger partial charge in [0.2, 0.25) is 5.91 Å². The van der Waals surface area contributed by atoms with Gasteiger partial charge < -0.3 is 5.32 Å². The third-order valence-corrected chi connectivity index (χ3v) is 2.38. The number of hydrogen-bond acceptors (Lipinski definition) is 3. The molecule has 0 spiro atoms. The van der Waals surface area contributed by atoms with Crippen molar-refractivity contribution in [3.8, 4) is 0 Å². The molecule has 0 aromatic carbocycles. The number of alkyl halides is 3. The lowest BCUT2D eigenvalue weighted by Gasteiger charge is -2.05. The Morgan fingerprint density at radius 2 is 2.27 bits per heavy atom. The van der Waals surface area contributed by atoms with Crippen LogP contribution in [0.3, 0.4) is 0 Å². The quantitative estimate of drug-likeness (QED) is 0.879. The fourth-order valence-corrected chi connectivity index (χ4v) is 1.55. The topological polar surface area (TPSA) is 42.0 Å². The third kappa shape index (κ3) is 4.78. The Labute approximate surface area is 88.3 Å². The summed E-state index contributed by atoms with van der Waals surface area (Å²) in [7, 11) is 0. The molecule has 84 valence electrons. The van der Waals surface area contributed by atoms with Crippen molar-refractivity contribution in [3.05, 3.63) is 11.1 Å².